The summed E-state index contributed by atoms with van der Waals surface area (Å²) in [5.74, 6) is 5.57. The van der Waals surface area contributed by atoms with Crippen molar-refractivity contribution in [2.24, 2.45) is 5.90 Å². The quantitative estimate of drug-likeness (QED) is 0.587. The van der Waals surface area contributed by atoms with Crippen molar-refractivity contribution in [2.45, 2.75) is 20.0 Å². The Kier molecular flexibility index (Phi) is 3.27. The van der Waals surface area contributed by atoms with E-state index in [2.05, 4.69) is 9.57 Å². The Labute approximate surface area is 81.7 Å². The van der Waals surface area contributed by atoms with Crippen molar-refractivity contribution in [1.82, 2.24) is 0 Å². The molecule has 14 heavy (non-hydrogen) atoms. The maximum absolute atomic E-state index is 11.2. The van der Waals surface area contributed by atoms with Crippen LogP contribution in [0.4, 0.5) is 0 Å². The summed E-state index contributed by atoms with van der Waals surface area (Å²) in [5, 5.41) is 0. The second kappa shape index (κ2) is 4.26. The van der Waals surface area contributed by atoms with Crippen LogP contribution in [-0.2, 0) is 9.57 Å². The lowest BCUT2D eigenvalue weighted by Crippen LogP contribution is -2.04. The van der Waals surface area contributed by atoms with E-state index in [9.17, 15) is 4.79 Å². The van der Waals surface area contributed by atoms with Crippen LogP contribution in [0, 0.1) is 6.92 Å². The number of hydrogen-bond donors (Lipinski definition) is 1. The van der Waals surface area contributed by atoms with Gasteiger partial charge in [0.2, 0.25) is 0 Å². The van der Waals surface area contributed by atoms with E-state index in [4.69, 9.17) is 10.3 Å². The van der Waals surface area contributed by atoms with Gasteiger partial charge in [-0.2, -0.15) is 0 Å². The summed E-state index contributed by atoms with van der Waals surface area (Å²) in [6, 6.07) is 1.57. The lowest BCUT2D eigenvalue weighted by Gasteiger charge is -2.02. The van der Waals surface area contributed by atoms with Gasteiger partial charge in [0.1, 0.15) is 23.2 Å². The summed E-state index contributed by atoms with van der Waals surface area (Å²) in [4.78, 5) is 15.8. The molecule has 1 aromatic heterocycles. The molecular weight excluding hydrogens is 186 g/mol. The van der Waals surface area contributed by atoms with E-state index in [0.717, 1.165) is 0 Å². The highest BCUT2D eigenvalue weighted by Gasteiger charge is 2.18. The van der Waals surface area contributed by atoms with Crippen LogP contribution >= 0.6 is 0 Å². The van der Waals surface area contributed by atoms with Gasteiger partial charge in [-0.1, -0.05) is 0 Å². The van der Waals surface area contributed by atoms with E-state index in [1.54, 1.807) is 19.9 Å². The zero-order valence-electron chi connectivity index (χ0n) is 8.37. The first kappa shape index (κ1) is 10.7. The number of hydrogen-bond acceptors (Lipinski definition) is 5. The predicted octanol–water partition coefficient (Wildman–Crippen LogP) is 1.33. The molecule has 0 aliphatic heterocycles. The third kappa shape index (κ3) is 1.94. The van der Waals surface area contributed by atoms with Crippen LogP contribution in [0.3, 0.4) is 0 Å². The second-order valence-electron chi connectivity index (χ2n) is 2.89. The van der Waals surface area contributed by atoms with Crippen LogP contribution in [0.25, 0.3) is 0 Å². The van der Waals surface area contributed by atoms with Gasteiger partial charge >= 0.3 is 5.97 Å². The van der Waals surface area contributed by atoms with Crippen molar-refractivity contribution in [3.05, 3.63) is 23.2 Å². The first-order valence-corrected chi connectivity index (χ1v) is 4.14. The average molecular weight is 199 g/mol. The summed E-state index contributed by atoms with van der Waals surface area (Å²) < 4.78 is 9.86. The minimum Gasteiger partial charge on any atom is -0.465 e. The number of aryl methyl sites for hydroxylation is 1. The molecule has 78 valence electrons. The summed E-state index contributed by atoms with van der Waals surface area (Å²) in [7, 11) is 1.32. The maximum Gasteiger partial charge on any atom is 0.341 e. The van der Waals surface area contributed by atoms with Crippen LogP contribution < -0.4 is 5.90 Å². The van der Waals surface area contributed by atoms with Gasteiger partial charge in [-0.05, 0) is 19.9 Å². The number of carbonyl (C=O) groups excluding carboxylic acids is 1. The first-order chi connectivity index (χ1) is 6.60. The third-order valence-corrected chi connectivity index (χ3v) is 1.95. The Morgan fingerprint density at radius 3 is 2.79 bits per heavy atom. The van der Waals surface area contributed by atoms with Gasteiger partial charge in [-0.25, -0.2) is 10.7 Å². The summed E-state index contributed by atoms with van der Waals surface area (Å²) in [6.45, 7) is 3.40. The van der Waals surface area contributed by atoms with Crippen molar-refractivity contribution >= 4 is 5.97 Å². The molecule has 0 aliphatic rings. The number of esters is 1. The molecule has 1 aromatic rings. The van der Waals surface area contributed by atoms with Crippen LogP contribution in [0.5, 0.6) is 0 Å². The molecular formula is C9H13NO4. The molecule has 1 atom stereocenters. The molecule has 5 heteroatoms. The summed E-state index contributed by atoms with van der Waals surface area (Å²) in [6.07, 6.45) is -0.382. The largest absolute Gasteiger partial charge is 0.465 e. The van der Waals surface area contributed by atoms with Crippen LogP contribution in [-0.4, -0.2) is 13.1 Å². The van der Waals surface area contributed by atoms with Crippen LogP contribution in [0.1, 0.15) is 34.9 Å². The molecule has 0 amide bonds. The maximum atomic E-state index is 11.2. The minimum atomic E-state index is -0.429. The Morgan fingerprint density at radius 1 is 1.64 bits per heavy atom. The molecule has 1 heterocycles. The zero-order chi connectivity index (χ0) is 10.7. The number of ether oxygens (including phenoxy) is 1. The van der Waals surface area contributed by atoms with Crippen molar-refractivity contribution in [1.29, 1.82) is 0 Å². The Morgan fingerprint density at radius 2 is 2.29 bits per heavy atom. The van der Waals surface area contributed by atoms with Gasteiger partial charge < -0.3 is 9.15 Å². The fraction of sp³-hybridized carbons (Fsp3) is 0.444. The highest BCUT2D eigenvalue weighted by Crippen LogP contribution is 2.22. The second-order valence-corrected chi connectivity index (χ2v) is 2.89. The van der Waals surface area contributed by atoms with Crippen molar-refractivity contribution in [2.75, 3.05) is 7.11 Å². The van der Waals surface area contributed by atoms with E-state index in [0.29, 0.717) is 17.1 Å². The lowest BCUT2D eigenvalue weighted by molar-refractivity contribution is 0.0503. The van der Waals surface area contributed by atoms with Gasteiger partial charge in [0.15, 0.2) is 0 Å². The number of carbonyl (C=O) groups is 1. The number of rotatable bonds is 3. The molecule has 5 nitrogen and oxygen atoms in total. The summed E-state index contributed by atoms with van der Waals surface area (Å²) >= 11 is 0. The van der Waals surface area contributed by atoms with Crippen LogP contribution in [0.2, 0.25) is 0 Å². The number of methoxy groups -OCH3 is 1. The molecule has 0 radical (unpaired) electrons. The van der Waals surface area contributed by atoms with Gasteiger partial charge in [0.25, 0.3) is 0 Å². The monoisotopic (exact) mass is 199 g/mol. The van der Waals surface area contributed by atoms with Gasteiger partial charge in [-0.3, -0.25) is 4.84 Å². The molecule has 0 saturated heterocycles. The molecule has 1 rings (SSSR count). The Balaban J connectivity index is 2.98. The molecule has 0 spiro atoms. The number of nitrogens with two attached hydrogens (primary N) is 1. The third-order valence-electron chi connectivity index (χ3n) is 1.95. The van der Waals surface area contributed by atoms with Gasteiger partial charge in [0, 0.05) is 0 Å². The zero-order valence-corrected chi connectivity index (χ0v) is 8.37. The van der Waals surface area contributed by atoms with Crippen LogP contribution in [0.15, 0.2) is 10.5 Å². The normalized spacial score (nSPS) is 12.6. The van der Waals surface area contributed by atoms with E-state index in [1.807, 2.05) is 0 Å². The smallest absolute Gasteiger partial charge is 0.341 e. The standard InChI is InChI=1S/C9H13NO4/c1-5-7(9(11)12-3)4-8(13-5)6(2)14-10/h4,6H,10H2,1-3H3. The van der Waals surface area contributed by atoms with Crippen molar-refractivity contribution < 1.29 is 18.8 Å². The Hall–Kier alpha value is -1.33. The average Bonchev–Trinajstić information content (AvgIpc) is 2.58. The topological polar surface area (TPSA) is 74.7 Å². The van der Waals surface area contributed by atoms with E-state index >= 15 is 0 Å². The first-order valence-electron chi connectivity index (χ1n) is 4.14. The number of furan rings is 1. The minimum absolute atomic E-state index is 0.382. The van der Waals surface area contributed by atoms with Crippen molar-refractivity contribution in [3.63, 3.8) is 0 Å². The fourth-order valence-corrected chi connectivity index (χ4v) is 1.09. The highest BCUT2D eigenvalue weighted by atomic mass is 16.6. The molecule has 1 unspecified atom stereocenters. The van der Waals surface area contributed by atoms with Gasteiger partial charge in [-0.15, -0.1) is 0 Å². The fourth-order valence-electron chi connectivity index (χ4n) is 1.09. The highest BCUT2D eigenvalue weighted by molar-refractivity contribution is 5.90. The molecule has 0 saturated carbocycles. The molecule has 2 N–H and O–H groups in total. The predicted molar refractivity (Wildman–Crippen MR) is 48.5 cm³/mol. The SMILES string of the molecule is COC(=O)c1cc(C(C)ON)oc1C. The van der Waals surface area contributed by atoms with Crippen molar-refractivity contribution in [3.8, 4) is 0 Å². The Bertz CT molecular complexity index is 332. The molecule has 0 bridgehead atoms. The van der Waals surface area contributed by atoms with E-state index in [1.165, 1.54) is 7.11 Å². The molecule has 0 aliphatic carbocycles. The van der Waals surface area contributed by atoms with E-state index in [-0.39, 0.29) is 6.10 Å². The molecule has 0 aromatic carbocycles. The lowest BCUT2D eigenvalue weighted by atomic mass is 10.2. The molecule has 0 fully saturated rings. The van der Waals surface area contributed by atoms with Gasteiger partial charge in [0.05, 0.1) is 7.11 Å². The van der Waals surface area contributed by atoms with E-state index < -0.39 is 5.97 Å². The summed E-state index contributed by atoms with van der Waals surface area (Å²) in [5.41, 5.74) is 0.395.